The summed E-state index contributed by atoms with van der Waals surface area (Å²) in [5, 5.41) is 14.5. The summed E-state index contributed by atoms with van der Waals surface area (Å²) in [7, 11) is 1.65. The van der Waals surface area contributed by atoms with Gasteiger partial charge in [0.05, 0.1) is 11.6 Å². The topological polar surface area (TPSA) is 64.9 Å². The maximum atomic E-state index is 10.9. The van der Waals surface area contributed by atoms with Gasteiger partial charge in [0.25, 0.3) is 0 Å². The minimum atomic E-state index is 0.0742. The van der Waals surface area contributed by atoms with Gasteiger partial charge < -0.3 is 10.6 Å². The zero-order valence-corrected chi connectivity index (χ0v) is 9.99. The molecule has 0 aromatic heterocycles. The van der Waals surface area contributed by atoms with Crippen LogP contribution in [0.1, 0.15) is 24.0 Å². The van der Waals surface area contributed by atoms with Gasteiger partial charge in [-0.3, -0.25) is 4.79 Å². The van der Waals surface area contributed by atoms with Crippen molar-refractivity contribution in [1.82, 2.24) is 10.6 Å². The van der Waals surface area contributed by atoms with Crippen LogP contribution in [0.3, 0.4) is 0 Å². The van der Waals surface area contributed by atoms with Gasteiger partial charge in [-0.25, -0.2) is 0 Å². The molecule has 0 saturated heterocycles. The van der Waals surface area contributed by atoms with Crippen molar-refractivity contribution in [2.75, 3.05) is 13.6 Å². The predicted octanol–water partition coefficient (Wildman–Crippen LogP) is 1.17. The summed E-state index contributed by atoms with van der Waals surface area (Å²) < 4.78 is 0. The third kappa shape index (κ3) is 5.14. The Balaban J connectivity index is 2.18. The van der Waals surface area contributed by atoms with E-state index in [2.05, 4.69) is 16.7 Å². The molecular formula is C13H17N3O. The Labute approximate surface area is 102 Å². The minimum absolute atomic E-state index is 0.0742. The first-order valence-corrected chi connectivity index (χ1v) is 5.66. The van der Waals surface area contributed by atoms with Crippen molar-refractivity contribution in [1.29, 1.82) is 5.26 Å². The van der Waals surface area contributed by atoms with Crippen molar-refractivity contribution < 1.29 is 4.79 Å². The molecule has 0 aliphatic carbocycles. The summed E-state index contributed by atoms with van der Waals surface area (Å²) in [5.41, 5.74) is 1.82. The van der Waals surface area contributed by atoms with Crippen LogP contribution in [0.5, 0.6) is 0 Å². The monoisotopic (exact) mass is 231 g/mol. The van der Waals surface area contributed by atoms with Crippen LogP contribution in [-0.2, 0) is 11.3 Å². The number of rotatable bonds is 6. The molecule has 4 heteroatoms. The fourth-order valence-electron chi connectivity index (χ4n) is 1.43. The second-order valence-corrected chi connectivity index (χ2v) is 3.76. The van der Waals surface area contributed by atoms with E-state index in [4.69, 9.17) is 5.26 Å². The average Bonchev–Trinajstić information content (AvgIpc) is 2.38. The van der Waals surface area contributed by atoms with E-state index in [0.29, 0.717) is 12.0 Å². The maximum Gasteiger partial charge on any atom is 0.219 e. The molecule has 0 saturated carbocycles. The second kappa shape index (κ2) is 7.42. The standard InChI is InChI=1S/C13H17N3O/c1-15-13(17)3-2-8-16-10-12-6-4-11(9-14)5-7-12/h4-7,16H,2-3,8,10H2,1H3,(H,15,17). The number of hydrogen-bond donors (Lipinski definition) is 2. The Morgan fingerprint density at radius 1 is 1.35 bits per heavy atom. The SMILES string of the molecule is CNC(=O)CCCNCc1ccc(C#N)cc1. The Morgan fingerprint density at radius 2 is 2.06 bits per heavy atom. The van der Waals surface area contributed by atoms with E-state index in [9.17, 15) is 4.79 Å². The number of hydrogen-bond acceptors (Lipinski definition) is 3. The number of amides is 1. The van der Waals surface area contributed by atoms with E-state index in [1.54, 1.807) is 7.05 Å². The van der Waals surface area contributed by atoms with Crippen LogP contribution in [0.2, 0.25) is 0 Å². The van der Waals surface area contributed by atoms with Crippen LogP contribution < -0.4 is 10.6 Å². The fraction of sp³-hybridized carbons (Fsp3) is 0.385. The first-order valence-electron chi connectivity index (χ1n) is 5.66. The van der Waals surface area contributed by atoms with E-state index in [-0.39, 0.29) is 5.91 Å². The van der Waals surface area contributed by atoms with Crippen molar-refractivity contribution in [3.8, 4) is 6.07 Å². The molecule has 4 nitrogen and oxygen atoms in total. The van der Waals surface area contributed by atoms with Gasteiger partial charge in [-0.2, -0.15) is 5.26 Å². The third-order valence-corrected chi connectivity index (χ3v) is 2.45. The Kier molecular flexibility index (Phi) is 5.76. The number of nitrogens with zero attached hydrogens (tertiary/aromatic N) is 1. The van der Waals surface area contributed by atoms with Crippen LogP contribution >= 0.6 is 0 Å². The number of nitriles is 1. The lowest BCUT2D eigenvalue weighted by Crippen LogP contribution is -2.20. The molecular weight excluding hydrogens is 214 g/mol. The third-order valence-electron chi connectivity index (χ3n) is 2.45. The Morgan fingerprint density at radius 3 is 2.65 bits per heavy atom. The number of carbonyl (C=O) groups excluding carboxylic acids is 1. The van der Waals surface area contributed by atoms with Gasteiger partial charge in [0.2, 0.25) is 5.91 Å². The normalized spacial score (nSPS) is 9.65. The van der Waals surface area contributed by atoms with Gasteiger partial charge >= 0.3 is 0 Å². The van der Waals surface area contributed by atoms with Crippen molar-refractivity contribution in [2.24, 2.45) is 0 Å². The molecule has 90 valence electrons. The first-order chi connectivity index (χ1) is 8.26. The molecule has 0 heterocycles. The Hall–Kier alpha value is -1.86. The van der Waals surface area contributed by atoms with Crippen molar-refractivity contribution in [2.45, 2.75) is 19.4 Å². The van der Waals surface area contributed by atoms with Gasteiger partial charge in [-0.1, -0.05) is 12.1 Å². The van der Waals surface area contributed by atoms with E-state index in [1.807, 2.05) is 24.3 Å². The number of carbonyl (C=O) groups is 1. The van der Waals surface area contributed by atoms with Gasteiger partial charge in [0.1, 0.15) is 0 Å². The molecule has 0 aliphatic heterocycles. The predicted molar refractivity (Wildman–Crippen MR) is 66.2 cm³/mol. The highest BCUT2D eigenvalue weighted by atomic mass is 16.1. The van der Waals surface area contributed by atoms with E-state index in [0.717, 1.165) is 25.1 Å². The zero-order valence-electron chi connectivity index (χ0n) is 9.99. The summed E-state index contributed by atoms with van der Waals surface area (Å²) >= 11 is 0. The summed E-state index contributed by atoms with van der Waals surface area (Å²) in [6.07, 6.45) is 1.38. The quantitative estimate of drug-likeness (QED) is 0.722. The minimum Gasteiger partial charge on any atom is -0.359 e. The summed E-state index contributed by atoms with van der Waals surface area (Å²) in [4.78, 5) is 10.9. The lowest BCUT2D eigenvalue weighted by atomic mass is 10.1. The highest BCUT2D eigenvalue weighted by Crippen LogP contribution is 2.02. The van der Waals surface area contributed by atoms with E-state index in [1.165, 1.54) is 0 Å². The lowest BCUT2D eigenvalue weighted by Gasteiger charge is -2.04. The van der Waals surface area contributed by atoms with Crippen LogP contribution in [0.25, 0.3) is 0 Å². The van der Waals surface area contributed by atoms with Crippen LogP contribution in [0.15, 0.2) is 24.3 Å². The highest BCUT2D eigenvalue weighted by Gasteiger charge is 1.97. The molecule has 0 unspecified atom stereocenters. The Bertz CT molecular complexity index is 392. The van der Waals surface area contributed by atoms with Gasteiger partial charge in [-0.05, 0) is 30.7 Å². The van der Waals surface area contributed by atoms with Gasteiger partial charge in [0, 0.05) is 20.0 Å². The molecule has 0 atom stereocenters. The molecule has 0 bridgehead atoms. The highest BCUT2D eigenvalue weighted by molar-refractivity contribution is 5.75. The second-order valence-electron chi connectivity index (χ2n) is 3.76. The zero-order chi connectivity index (χ0) is 12.5. The summed E-state index contributed by atoms with van der Waals surface area (Å²) in [6, 6.07) is 9.57. The molecule has 2 N–H and O–H groups in total. The van der Waals surface area contributed by atoms with Crippen LogP contribution in [0.4, 0.5) is 0 Å². The smallest absolute Gasteiger partial charge is 0.219 e. The van der Waals surface area contributed by atoms with Gasteiger partial charge in [-0.15, -0.1) is 0 Å². The molecule has 0 spiro atoms. The van der Waals surface area contributed by atoms with Crippen molar-refractivity contribution in [3.05, 3.63) is 35.4 Å². The number of nitrogens with one attached hydrogen (secondary N) is 2. The molecule has 0 radical (unpaired) electrons. The number of benzene rings is 1. The fourth-order valence-corrected chi connectivity index (χ4v) is 1.43. The molecule has 1 amide bonds. The molecule has 1 aromatic rings. The van der Waals surface area contributed by atoms with Gasteiger partial charge in [0.15, 0.2) is 0 Å². The first kappa shape index (κ1) is 13.2. The van der Waals surface area contributed by atoms with Crippen molar-refractivity contribution in [3.63, 3.8) is 0 Å². The van der Waals surface area contributed by atoms with Crippen LogP contribution in [0, 0.1) is 11.3 Å². The lowest BCUT2D eigenvalue weighted by molar-refractivity contribution is -0.120. The summed E-state index contributed by atoms with van der Waals surface area (Å²) in [5.74, 6) is 0.0742. The van der Waals surface area contributed by atoms with Crippen molar-refractivity contribution >= 4 is 5.91 Å². The largest absolute Gasteiger partial charge is 0.359 e. The van der Waals surface area contributed by atoms with E-state index < -0.39 is 0 Å². The summed E-state index contributed by atoms with van der Waals surface area (Å²) in [6.45, 7) is 1.58. The molecule has 17 heavy (non-hydrogen) atoms. The molecule has 0 fully saturated rings. The van der Waals surface area contributed by atoms with E-state index >= 15 is 0 Å². The molecule has 0 aliphatic rings. The maximum absolute atomic E-state index is 10.9. The average molecular weight is 231 g/mol. The molecule has 1 rings (SSSR count). The molecule has 1 aromatic carbocycles. The van der Waals surface area contributed by atoms with Crippen LogP contribution in [-0.4, -0.2) is 19.5 Å².